The number of thioether (sulfide) groups is 1. The summed E-state index contributed by atoms with van der Waals surface area (Å²) in [4.78, 5) is 25.0. The van der Waals surface area contributed by atoms with Crippen molar-refractivity contribution in [2.45, 2.75) is 29.5 Å². The highest BCUT2D eigenvalue weighted by Gasteiger charge is 2.47. The third-order valence-electron chi connectivity index (χ3n) is 5.19. The Morgan fingerprint density at radius 1 is 0.818 bits per heavy atom. The molecule has 3 aromatic carbocycles. The van der Waals surface area contributed by atoms with E-state index in [0.717, 1.165) is 5.56 Å². The van der Waals surface area contributed by atoms with E-state index in [0.29, 0.717) is 16.9 Å². The molecule has 1 saturated heterocycles. The summed E-state index contributed by atoms with van der Waals surface area (Å²) in [6.45, 7) is -0.153. The summed E-state index contributed by atoms with van der Waals surface area (Å²) >= 11 is 1.40. The molecule has 0 radical (unpaired) electrons. The molecule has 4 rings (SSSR count). The van der Waals surface area contributed by atoms with Crippen LogP contribution in [0.3, 0.4) is 0 Å². The molecule has 3 aromatic rings. The summed E-state index contributed by atoms with van der Waals surface area (Å²) in [6, 6.07) is 26.9. The number of ether oxygens (including phenoxy) is 3. The Morgan fingerprint density at radius 3 is 1.97 bits per heavy atom. The van der Waals surface area contributed by atoms with Crippen LogP contribution in [0, 0.1) is 0 Å². The molecule has 4 atom stereocenters. The third-order valence-corrected chi connectivity index (χ3v) is 6.41. The standard InChI is InChI=1S/C26H24O6S/c27-22-23(32-25(29)20-14-8-3-9-15-20)21(16-30-24(28)19-12-6-2-7-13-19)31-26(22)33-17-18-10-4-1-5-11-18/h1-15,21-23,26-27H,16-17H2. The van der Waals surface area contributed by atoms with Gasteiger partial charge in [-0.05, 0) is 29.8 Å². The predicted octanol–water partition coefficient (Wildman–Crippen LogP) is 4.09. The van der Waals surface area contributed by atoms with Crippen LogP contribution < -0.4 is 0 Å². The molecule has 1 N–H and O–H groups in total. The van der Waals surface area contributed by atoms with Crippen LogP contribution in [-0.2, 0) is 20.0 Å². The summed E-state index contributed by atoms with van der Waals surface area (Å²) < 4.78 is 17.0. The summed E-state index contributed by atoms with van der Waals surface area (Å²) in [6.07, 6.45) is -2.85. The van der Waals surface area contributed by atoms with Crippen molar-refractivity contribution in [3.05, 3.63) is 108 Å². The molecular weight excluding hydrogens is 440 g/mol. The summed E-state index contributed by atoms with van der Waals surface area (Å²) in [5, 5.41) is 10.9. The lowest BCUT2D eigenvalue weighted by atomic mass is 10.1. The lowest BCUT2D eigenvalue weighted by Gasteiger charge is -2.20. The van der Waals surface area contributed by atoms with Gasteiger partial charge in [-0.3, -0.25) is 0 Å². The molecule has 0 aliphatic carbocycles. The van der Waals surface area contributed by atoms with Gasteiger partial charge in [-0.2, -0.15) is 0 Å². The Balaban J connectivity index is 1.44. The lowest BCUT2D eigenvalue weighted by Crippen LogP contribution is -2.39. The minimum atomic E-state index is -1.08. The average Bonchev–Trinajstić information content (AvgIpc) is 3.17. The number of benzene rings is 3. The van der Waals surface area contributed by atoms with Crippen LogP contribution in [0.25, 0.3) is 0 Å². The zero-order valence-corrected chi connectivity index (χ0v) is 18.6. The van der Waals surface area contributed by atoms with Crippen molar-refractivity contribution < 1.29 is 28.9 Å². The first-order valence-corrected chi connectivity index (χ1v) is 11.6. The van der Waals surface area contributed by atoms with Crippen molar-refractivity contribution in [3.8, 4) is 0 Å². The lowest BCUT2D eigenvalue weighted by molar-refractivity contribution is -0.0389. The zero-order valence-electron chi connectivity index (χ0n) is 17.8. The highest BCUT2D eigenvalue weighted by atomic mass is 32.2. The number of aliphatic hydroxyl groups excluding tert-OH is 1. The molecule has 1 aliphatic rings. The Hall–Kier alpha value is -3.13. The normalized spacial score (nSPS) is 22.0. The molecule has 170 valence electrons. The summed E-state index contributed by atoms with van der Waals surface area (Å²) in [5.74, 6) is -0.475. The number of carbonyl (C=O) groups is 2. The maximum Gasteiger partial charge on any atom is 0.338 e. The fourth-order valence-electron chi connectivity index (χ4n) is 3.46. The van der Waals surface area contributed by atoms with Crippen LogP contribution >= 0.6 is 11.8 Å². The van der Waals surface area contributed by atoms with Crippen LogP contribution in [0.4, 0.5) is 0 Å². The van der Waals surface area contributed by atoms with Gasteiger partial charge in [0.2, 0.25) is 0 Å². The number of hydrogen-bond acceptors (Lipinski definition) is 7. The molecule has 7 heteroatoms. The van der Waals surface area contributed by atoms with Crippen LogP contribution in [0.5, 0.6) is 0 Å². The van der Waals surface area contributed by atoms with Crippen molar-refractivity contribution >= 4 is 23.7 Å². The largest absolute Gasteiger partial charge is 0.459 e. The number of aliphatic hydroxyl groups is 1. The van der Waals surface area contributed by atoms with E-state index in [2.05, 4.69) is 0 Å². The van der Waals surface area contributed by atoms with Crippen molar-refractivity contribution in [1.29, 1.82) is 0 Å². The zero-order chi connectivity index (χ0) is 23.0. The van der Waals surface area contributed by atoms with E-state index in [9.17, 15) is 14.7 Å². The molecule has 0 aromatic heterocycles. The molecule has 4 unspecified atom stereocenters. The van der Waals surface area contributed by atoms with Crippen LogP contribution in [0.1, 0.15) is 26.3 Å². The number of carbonyl (C=O) groups excluding carboxylic acids is 2. The Morgan fingerprint density at radius 2 is 1.36 bits per heavy atom. The fourth-order valence-corrected chi connectivity index (χ4v) is 4.58. The van der Waals surface area contributed by atoms with E-state index < -0.39 is 35.7 Å². The van der Waals surface area contributed by atoms with Gasteiger partial charge in [0.25, 0.3) is 0 Å². The highest BCUT2D eigenvalue weighted by molar-refractivity contribution is 7.99. The first-order valence-electron chi connectivity index (χ1n) is 10.6. The topological polar surface area (TPSA) is 82.1 Å². The second-order valence-electron chi connectivity index (χ2n) is 7.53. The SMILES string of the molecule is O=C(OCC1OC(SCc2ccccc2)C(O)C1OC(=O)c1ccccc1)c1ccccc1. The van der Waals surface area contributed by atoms with Gasteiger partial charge in [0.15, 0.2) is 6.10 Å². The first-order chi connectivity index (χ1) is 16.1. The summed E-state index contributed by atoms with van der Waals surface area (Å²) in [5.41, 5.74) is 1.21. The first kappa shape index (κ1) is 23.0. The van der Waals surface area contributed by atoms with E-state index in [4.69, 9.17) is 14.2 Å². The minimum absolute atomic E-state index is 0.153. The second-order valence-corrected chi connectivity index (χ2v) is 8.62. The van der Waals surface area contributed by atoms with Gasteiger partial charge >= 0.3 is 11.9 Å². The van der Waals surface area contributed by atoms with Crippen molar-refractivity contribution in [3.63, 3.8) is 0 Å². The average molecular weight is 465 g/mol. The Kier molecular flexibility index (Phi) is 7.78. The Bertz CT molecular complexity index is 1040. The molecule has 1 fully saturated rings. The highest BCUT2D eigenvalue weighted by Crippen LogP contribution is 2.34. The molecule has 33 heavy (non-hydrogen) atoms. The van der Waals surface area contributed by atoms with Gasteiger partial charge in [-0.25, -0.2) is 9.59 Å². The molecule has 0 amide bonds. The second kappa shape index (κ2) is 11.1. The van der Waals surface area contributed by atoms with E-state index in [-0.39, 0.29) is 6.61 Å². The third kappa shape index (κ3) is 6.01. The molecular formula is C26H24O6S. The fraction of sp³-hybridized carbons (Fsp3) is 0.231. The number of rotatable bonds is 8. The summed E-state index contributed by atoms with van der Waals surface area (Å²) in [7, 11) is 0. The maximum absolute atomic E-state index is 12.6. The number of esters is 2. The van der Waals surface area contributed by atoms with Crippen LogP contribution in [0.2, 0.25) is 0 Å². The van der Waals surface area contributed by atoms with Crippen LogP contribution in [0.15, 0.2) is 91.0 Å². The van der Waals surface area contributed by atoms with E-state index >= 15 is 0 Å². The quantitative estimate of drug-likeness (QED) is 0.503. The van der Waals surface area contributed by atoms with Gasteiger partial charge in [0.1, 0.15) is 24.3 Å². The number of hydrogen-bond donors (Lipinski definition) is 1. The molecule has 0 spiro atoms. The molecule has 0 bridgehead atoms. The molecule has 1 heterocycles. The van der Waals surface area contributed by atoms with E-state index in [1.165, 1.54) is 11.8 Å². The van der Waals surface area contributed by atoms with Crippen molar-refractivity contribution in [2.75, 3.05) is 6.61 Å². The van der Waals surface area contributed by atoms with Gasteiger partial charge in [0.05, 0.1) is 11.1 Å². The van der Waals surface area contributed by atoms with Crippen LogP contribution in [-0.4, -0.2) is 47.4 Å². The van der Waals surface area contributed by atoms with E-state index in [1.807, 2.05) is 30.3 Å². The van der Waals surface area contributed by atoms with Gasteiger partial charge in [-0.1, -0.05) is 66.7 Å². The minimum Gasteiger partial charge on any atom is -0.459 e. The van der Waals surface area contributed by atoms with Crippen molar-refractivity contribution in [1.82, 2.24) is 0 Å². The van der Waals surface area contributed by atoms with Gasteiger partial charge in [-0.15, -0.1) is 11.8 Å². The smallest absolute Gasteiger partial charge is 0.338 e. The predicted molar refractivity (Wildman–Crippen MR) is 125 cm³/mol. The monoisotopic (exact) mass is 464 g/mol. The molecule has 1 aliphatic heterocycles. The molecule has 0 saturated carbocycles. The van der Waals surface area contributed by atoms with Gasteiger partial charge in [0, 0.05) is 5.75 Å². The Labute approximate surface area is 196 Å². The van der Waals surface area contributed by atoms with Crippen molar-refractivity contribution in [2.24, 2.45) is 0 Å². The maximum atomic E-state index is 12.6. The van der Waals surface area contributed by atoms with Gasteiger partial charge < -0.3 is 19.3 Å². The molecule has 6 nitrogen and oxygen atoms in total. The van der Waals surface area contributed by atoms with E-state index in [1.54, 1.807) is 60.7 Å².